The van der Waals surface area contributed by atoms with Gasteiger partial charge in [-0.2, -0.15) is 5.26 Å². The minimum Gasteiger partial charge on any atom is -0.462 e. The largest absolute Gasteiger partial charge is 0.462 e. The van der Waals surface area contributed by atoms with Gasteiger partial charge in [0.05, 0.1) is 23.8 Å². The fraction of sp³-hybridized carbons (Fsp3) is 0.333. The highest BCUT2D eigenvalue weighted by Crippen LogP contribution is 2.17. The van der Waals surface area contributed by atoms with E-state index in [1.54, 1.807) is 49.6 Å². The number of rotatable bonds is 7. The molecule has 0 saturated carbocycles. The van der Waals surface area contributed by atoms with E-state index in [0.29, 0.717) is 28.2 Å². The number of aryl methyl sites for hydroxylation is 1. The highest BCUT2D eigenvalue weighted by Gasteiger charge is 2.21. The predicted molar refractivity (Wildman–Crippen MR) is 105 cm³/mol. The number of ether oxygens (including phenoxy) is 2. The summed E-state index contributed by atoms with van der Waals surface area (Å²) in [6.45, 7) is 6.78. The summed E-state index contributed by atoms with van der Waals surface area (Å²) in [5, 5.41) is 11.5. The maximum atomic E-state index is 12.3. The van der Waals surface area contributed by atoms with Gasteiger partial charge in [-0.3, -0.25) is 9.59 Å². The average molecular weight is 397 g/mol. The normalized spacial score (nSPS) is 11.3. The van der Waals surface area contributed by atoms with Crippen LogP contribution in [0.3, 0.4) is 0 Å². The molecule has 0 aliphatic rings. The number of hydrogen-bond acceptors (Lipinski definition) is 6. The third kappa shape index (κ3) is 5.45. The number of amides is 1. The zero-order valence-corrected chi connectivity index (χ0v) is 16.8. The molecule has 29 heavy (non-hydrogen) atoms. The van der Waals surface area contributed by atoms with Gasteiger partial charge in [0.25, 0.3) is 5.91 Å². The van der Waals surface area contributed by atoms with Gasteiger partial charge in [-0.15, -0.1) is 0 Å². The number of carbonyl (C=O) groups excluding carboxylic acids is 3. The average Bonchev–Trinajstić information content (AvgIpc) is 2.96. The van der Waals surface area contributed by atoms with Gasteiger partial charge in [-0.05, 0) is 52.0 Å². The molecule has 1 aromatic heterocycles. The van der Waals surface area contributed by atoms with Crippen LogP contribution in [0.4, 0.5) is 5.69 Å². The lowest BCUT2D eigenvalue weighted by molar-refractivity contribution is -0.153. The molecule has 0 aliphatic carbocycles. The number of esters is 2. The summed E-state index contributed by atoms with van der Waals surface area (Å²) in [6.07, 6.45) is -1.03. The molecule has 0 unspecified atom stereocenters. The molecule has 0 spiro atoms. The van der Waals surface area contributed by atoms with Crippen LogP contribution in [0.5, 0.6) is 0 Å². The fourth-order valence-electron chi connectivity index (χ4n) is 2.79. The van der Waals surface area contributed by atoms with E-state index in [0.717, 1.165) is 0 Å². The lowest BCUT2D eigenvalue weighted by Gasteiger charge is -2.15. The number of benzene rings is 1. The summed E-state index contributed by atoms with van der Waals surface area (Å²) in [6, 6.07) is 10.1. The summed E-state index contributed by atoms with van der Waals surface area (Å²) in [5.41, 5.74) is 2.52. The van der Waals surface area contributed by atoms with E-state index in [1.165, 1.54) is 13.0 Å². The molecule has 0 fully saturated rings. The van der Waals surface area contributed by atoms with Crippen molar-refractivity contribution in [3.8, 4) is 6.07 Å². The van der Waals surface area contributed by atoms with Crippen molar-refractivity contribution in [2.45, 2.75) is 40.3 Å². The first-order valence-corrected chi connectivity index (χ1v) is 9.11. The van der Waals surface area contributed by atoms with Crippen LogP contribution >= 0.6 is 0 Å². The minimum atomic E-state index is -1.03. The van der Waals surface area contributed by atoms with Gasteiger partial charge in [0, 0.05) is 17.1 Å². The van der Waals surface area contributed by atoms with Gasteiger partial charge in [0.1, 0.15) is 6.54 Å². The Morgan fingerprint density at radius 1 is 1.24 bits per heavy atom. The Bertz CT molecular complexity index is 971. The van der Waals surface area contributed by atoms with Gasteiger partial charge in [-0.1, -0.05) is 6.07 Å². The van der Waals surface area contributed by atoms with Crippen molar-refractivity contribution in [2.75, 3.05) is 11.9 Å². The first kappa shape index (κ1) is 21.7. The van der Waals surface area contributed by atoms with Crippen LogP contribution in [-0.4, -0.2) is 35.1 Å². The molecule has 8 heteroatoms. The number of nitrogens with zero attached hydrogens (tertiary/aromatic N) is 2. The summed E-state index contributed by atoms with van der Waals surface area (Å²) in [5.74, 6) is -1.58. The Morgan fingerprint density at radius 2 is 1.97 bits per heavy atom. The van der Waals surface area contributed by atoms with Crippen molar-refractivity contribution in [1.82, 2.24) is 4.57 Å². The molecule has 1 amide bonds. The van der Waals surface area contributed by atoms with E-state index in [-0.39, 0.29) is 13.2 Å². The number of nitrogens with one attached hydrogen (secondary N) is 1. The first-order valence-electron chi connectivity index (χ1n) is 9.11. The Hall–Kier alpha value is -3.60. The molecule has 0 radical (unpaired) electrons. The Labute approximate surface area is 169 Å². The van der Waals surface area contributed by atoms with E-state index in [9.17, 15) is 14.4 Å². The maximum absolute atomic E-state index is 12.3. The number of hydrogen-bond donors (Lipinski definition) is 1. The number of nitriles is 1. The van der Waals surface area contributed by atoms with Gasteiger partial charge in [0.15, 0.2) is 6.10 Å². The Balaban J connectivity index is 2.00. The standard InChI is InChI=1S/C21H23N3O5/c1-5-28-21(27)18-9-13(2)24(14(18)3)12-19(25)29-15(4)20(26)23-17-8-6-7-16(10-17)11-22/h6-10,15H,5,12H2,1-4H3,(H,23,26)/t15-/m0/s1. The third-order valence-corrected chi connectivity index (χ3v) is 4.29. The molecule has 1 atom stereocenters. The zero-order chi connectivity index (χ0) is 21.6. The van der Waals surface area contributed by atoms with Gasteiger partial charge in [0.2, 0.25) is 0 Å². The van der Waals surface area contributed by atoms with Crippen LogP contribution in [-0.2, 0) is 25.6 Å². The van der Waals surface area contributed by atoms with Crippen molar-refractivity contribution in [3.63, 3.8) is 0 Å². The highest BCUT2D eigenvalue weighted by molar-refractivity contribution is 5.95. The van der Waals surface area contributed by atoms with Crippen LogP contribution in [0.25, 0.3) is 0 Å². The Kier molecular flexibility index (Phi) is 7.15. The molecule has 1 aromatic carbocycles. The topological polar surface area (TPSA) is 110 Å². The fourth-order valence-corrected chi connectivity index (χ4v) is 2.79. The van der Waals surface area contributed by atoms with E-state index in [1.807, 2.05) is 6.07 Å². The van der Waals surface area contributed by atoms with E-state index < -0.39 is 23.9 Å². The molecule has 0 aliphatic heterocycles. The third-order valence-electron chi connectivity index (χ3n) is 4.29. The monoisotopic (exact) mass is 397 g/mol. The second kappa shape index (κ2) is 9.55. The molecule has 8 nitrogen and oxygen atoms in total. The quantitative estimate of drug-likeness (QED) is 0.719. The Morgan fingerprint density at radius 3 is 2.62 bits per heavy atom. The summed E-state index contributed by atoms with van der Waals surface area (Å²) in [7, 11) is 0. The van der Waals surface area contributed by atoms with Gasteiger partial charge in [-0.25, -0.2) is 4.79 Å². The van der Waals surface area contributed by atoms with E-state index >= 15 is 0 Å². The van der Waals surface area contributed by atoms with Crippen LogP contribution in [0, 0.1) is 25.2 Å². The second-order valence-corrected chi connectivity index (χ2v) is 6.41. The lowest BCUT2D eigenvalue weighted by atomic mass is 10.2. The van der Waals surface area contributed by atoms with Crippen LogP contribution in [0.1, 0.15) is 41.2 Å². The van der Waals surface area contributed by atoms with Gasteiger partial charge < -0.3 is 19.4 Å². The first-order chi connectivity index (χ1) is 13.8. The van der Waals surface area contributed by atoms with Crippen molar-refractivity contribution < 1.29 is 23.9 Å². The molecule has 2 rings (SSSR count). The van der Waals surface area contributed by atoms with Crippen molar-refractivity contribution in [3.05, 3.63) is 52.8 Å². The smallest absolute Gasteiger partial charge is 0.339 e. The molecular weight excluding hydrogens is 374 g/mol. The number of carbonyl (C=O) groups is 3. The maximum Gasteiger partial charge on any atom is 0.339 e. The van der Waals surface area contributed by atoms with Crippen LogP contribution in [0.15, 0.2) is 30.3 Å². The van der Waals surface area contributed by atoms with Crippen molar-refractivity contribution in [2.24, 2.45) is 0 Å². The van der Waals surface area contributed by atoms with Crippen molar-refractivity contribution in [1.29, 1.82) is 5.26 Å². The van der Waals surface area contributed by atoms with Crippen LogP contribution in [0.2, 0.25) is 0 Å². The van der Waals surface area contributed by atoms with Crippen LogP contribution < -0.4 is 5.32 Å². The summed E-state index contributed by atoms with van der Waals surface area (Å²) < 4.78 is 11.9. The molecule has 1 heterocycles. The minimum absolute atomic E-state index is 0.140. The summed E-state index contributed by atoms with van der Waals surface area (Å²) in [4.78, 5) is 36.5. The lowest BCUT2D eigenvalue weighted by Crippen LogP contribution is -2.31. The number of aromatic nitrogens is 1. The predicted octanol–water partition coefficient (Wildman–Crippen LogP) is 2.72. The molecule has 0 saturated heterocycles. The molecule has 1 N–H and O–H groups in total. The molecule has 0 bridgehead atoms. The van der Waals surface area contributed by atoms with Crippen molar-refractivity contribution >= 4 is 23.5 Å². The van der Waals surface area contributed by atoms with E-state index in [2.05, 4.69) is 5.32 Å². The molecule has 2 aromatic rings. The molecule has 152 valence electrons. The SMILES string of the molecule is CCOC(=O)c1cc(C)n(CC(=O)O[C@@H](C)C(=O)Nc2cccc(C#N)c2)c1C. The second-order valence-electron chi connectivity index (χ2n) is 6.41. The zero-order valence-electron chi connectivity index (χ0n) is 16.8. The number of anilines is 1. The highest BCUT2D eigenvalue weighted by atomic mass is 16.5. The van der Waals surface area contributed by atoms with Gasteiger partial charge >= 0.3 is 11.9 Å². The van der Waals surface area contributed by atoms with E-state index in [4.69, 9.17) is 14.7 Å². The summed E-state index contributed by atoms with van der Waals surface area (Å²) >= 11 is 0. The molecular formula is C21H23N3O5.